The molecular weight excluding hydrogens is 280 g/mol. The SMILES string of the molecule is C=CCOc1ccccc1CNC(=O)N1CCC(C)C(O)C1. The van der Waals surface area contributed by atoms with E-state index >= 15 is 0 Å². The fraction of sp³-hybridized carbons (Fsp3) is 0.471. The molecule has 2 unspecified atom stereocenters. The van der Waals surface area contributed by atoms with Crippen LogP contribution in [0.4, 0.5) is 4.79 Å². The van der Waals surface area contributed by atoms with Crippen molar-refractivity contribution in [1.82, 2.24) is 10.2 Å². The number of aliphatic hydroxyl groups is 1. The summed E-state index contributed by atoms with van der Waals surface area (Å²) < 4.78 is 5.57. The number of carbonyl (C=O) groups is 1. The third kappa shape index (κ3) is 4.24. The van der Waals surface area contributed by atoms with E-state index in [2.05, 4.69) is 11.9 Å². The smallest absolute Gasteiger partial charge is 0.317 e. The summed E-state index contributed by atoms with van der Waals surface area (Å²) in [5, 5.41) is 12.8. The fourth-order valence-corrected chi connectivity index (χ4v) is 2.46. The molecular formula is C17H24N2O3. The van der Waals surface area contributed by atoms with Gasteiger partial charge in [-0.05, 0) is 18.4 Å². The van der Waals surface area contributed by atoms with Crippen molar-refractivity contribution in [3.05, 3.63) is 42.5 Å². The Morgan fingerprint density at radius 2 is 2.32 bits per heavy atom. The number of hydrogen-bond donors (Lipinski definition) is 2. The van der Waals surface area contributed by atoms with Crippen LogP contribution in [-0.4, -0.2) is 41.8 Å². The molecule has 1 aromatic rings. The molecule has 1 aliphatic rings. The summed E-state index contributed by atoms with van der Waals surface area (Å²) in [6.07, 6.45) is 2.07. The molecule has 0 bridgehead atoms. The molecule has 0 saturated carbocycles. The first kappa shape index (κ1) is 16.4. The van der Waals surface area contributed by atoms with Crippen molar-refractivity contribution in [1.29, 1.82) is 0 Å². The predicted molar refractivity (Wildman–Crippen MR) is 85.7 cm³/mol. The van der Waals surface area contributed by atoms with Crippen LogP contribution in [0.2, 0.25) is 0 Å². The highest BCUT2D eigenvalue weighted by atomic mass is 16.5. The van der Waals surface area contributed by atoms with Gasteiger partial charge in [0.2, 0.25) is 0 Å². The lowest BCUT2D eigenvalue weighted by Gasteiger charge is -2.34. The third-order valence-electron chi connectivity index (χ3n) is 3.97. The van der Waals surface area contributed by atoms with Crippen LogP contribution in [-0.2, 0) is 6.54 Å². The van der Waals surface area contributed by atoms with Crippen molar-refractivity contribution in [3.63, 3.8) is 0 Å². The minimum Gasteiger partial charge on any atom is -0.489 e. The number of piperidine rings is 1. The Bertz CT molecular complexity index is 518. The Balaban J connectivity index is 1.90. The molecule has 2 rings (SSSR count). The molecule has 1 saturated heterocycles. The highest BCUT2D eigenvalue weighted by Gasteiger charge is 2.27. The third-order valence-corrected chi connectivity index (χ3v) is 3.97. The van der Waals surface area contributed by atoms with Crippen molar-refractivity contribution in [2.45, 2.75) is 26.0 Å². The van der Waals surface area contributed by atoms with Crippen LogP contribution in [0.1, 0.15) is 18.9 Å². The number of urea groups is 1. The second-order valence-electron chi connectivity index (χ2n) is 5.65. The summed E-state index contributed by atoms with van der Waals surface area (Å²) in [7, 11) is 0. The average molecular weight is 304 g/mol. The Morgan fingerprint density at radius 1 is 1.55 bits per heavy atom. The molecule has 0 aromatic heterocycles. The van der Waals surface area contributed by atoms with E-state index in [1.807, 2.05) is 31.2 Å². The van der Waals surface area contributed by atoms with Gasteiger partial charge < -0.3 is 20.1 Å². The van der Waals surface area contributed by atoms with Gasteiger partial charge in [0.1, 0.15) is 12.4 Å². The van der Waals surface area contributed by atoms with Gasteiger partial charge in [-0.3, -0.25) is 0 Å². The molecule has 1 heterocycles. The van der Waals surface area contributed by atoms with Gasteiger partial charge in [-0.25, -0.2) is 4.79 Å². The number of para-hydroxylation sites is 1. The van der Waals surface area contributed by atoms with Crippen LogP contribution >= 0.6 is 0 Å². The van der Waals surface area contributed by atoms with Crippen LogP contribution in [0.15, 0.2) is 36.9 Å². The van der Waals surface area contributed by atoms with Crippen molar-refractivity contribution in [2.75, 3.05) is 19.7 Å². The van der Waals surface area contributed by atoms with Gasteiger partial charge >= 0.3 is 6.03 Å². The average Bonchev–Trinajstić information content (AvgIpc) is 2.54. The number of aliphatic hydroxyl groups excluding tert-OH is 1. The maximum Gasteiger partial charge on any atom is 0.317 e. The number of rotatable bonds is 5. The van der Waals surface area contributed by atoms with E-state index in [0.29, 0.717) is 26.2 Å². The van der Waals surface area contributed by atoms with Crippen molar-refractivity contribution < 1.29 is 14.6 Å². The summed E-state index contributed by atoms with van der Waals surface area (Å²) in [6.45, 7) is 7.53. The van der Waals surface area contributed by atoms with Gasteiger partial charge in [-0.2, -0.15) is 0 Å². The maximum absolute atomic E-state index is 12.2. The van der Waals surface area contributed by atoms with Crippen molar-refractivity contribution in [2.24, 2.45) is 5.92 Å². The van der Waals surface area contributed by atoms with E-state index in [0.717, 1.165) is 17.7 Å². The molecule has 120 valence electrons. The van der Waals surface area contributed by atoms with Crippen molar-refractivity contribution in [3.8, 4) is 5.75 Å². The van der Waals surface area contributed by atoms with Crippen LogP contribution in [0, 0.1) is 5.92 Å². The summed E-state index contributed by atoms with van der Waals surface area (Å²) in [5.41, 5.74) is 0.920. The fourth-order valence-electron chi connectivity index (χ4n) is 2.46. The molecule has 1 fully saturated rings. The summed E-state index contributed by atoms with van der Waals surface area (Å²) in [6, 6.07) is 7.45. The highest BCUT2D eigenvalue weighted by molar-refractivity contribution is 5.74. The lowest BCUT2D eigenvalue weighted by atomic mass is 9.96. The predicted octanol–water partition coefficient (Wildman–Crippen LogP) is 2.16. The van der Waals surface area contributed by atoms with E-state index < -0.39 is 6.10 Å². The minimum absolute atomic E-state index is 0.149. The Hall–Kier alpha value is -2.01. The summed E-state index contributed by atoms with van der Waals surface area (Å²) in [4.78, 5) is 13.9. The number of nitrogens with one attached hydrogen (secondary N) is 1. The number of likely N-dealkylation sites (tertiary alicyclic amines) is 1. The van der Waals surface area contributed by atoms with Crippen LogP contribution in [0.3, 0.4) is 0 Å². The molecule has 2 atom stereocenters. The molecule has 22 heavy (non-hydrogen) atoms. The number of carbonyl (C=O) groups excluding carboxylic acids is 1. The largest absolute Gasteiger partial charge is 0.489 e. The number of amides is 2. The number of benzene rings is 1. The Kier molecular flexibility index (Phi) is 5.83. The molecule has 1 aliphatic heterocycles. The lowest BCUT2D eigenvalue weighted by molar-refractivity contribution is 0.0435. The van der Waals surface area contributed by atoms with E-state index in [1.54, 1.807) is 11.0 Å². The van der Waals surface area contributed by atoms with Crippen LogP contribution in [0.25, 0.3) is 0 Å². The number of β-amino-alcohol motifs (C(OH)–C–C–N with tert-alkyl or cyclic N) is 1. The molecule has 2 amide bonds. The number of hydrogen-bond acceptors (Lipinski definition) is 3. The topological polar surface area (TPSA) is 61.8 Å². The first-order chi connectivity index (χ1) is 10.6. The zero-order chi connectivity index (χ0) is 15.9. The van der Waals surface area contributed by atoms with Crippen molar-refractivity contribution >= 4 is 6.03 Å². The summed E-state index contributed by atoms with van der Waals surface area (Å²) >= 11 is 0. The first-order valence-corrected chi connectivity index (χ1v) is 7.64. The van der Waals surface area contributed by atoms with E-state index in [4.69, 9.17) is 4.74 Å². The van der Waals surface area contributed by atoms with E-state index in [1.165, 1.54) is 0 Å². The Labute approximate surface area is 131 Å². The van der Waals surface area contributed by atoms with Gasteiger partial charge in [0.15, 0.2) is 0 Å². The lowest BCUT2D eigenvalue weighted by Crippen LogP contribution is -2.49. The quantitative estimate of drug-likeness (QED) is 0.820. The van der Waals surface area contributed by atoms with Gasteiger partial charge in [-0.15, -0.1) is 0 Å². The van der Waals surface area contributed by atoms with Gasteiger partial charge in [-0.1, -0.05) is 37.8 Å². The zero-order valence-electron chi connectivity index (χ0n) is 13.0. The van der Waals surface area contributed by atoms with Gasteiger partial charge in [0.25, 0.3) is 0 Å². The van der Waals surface area contributed by atoms with Gasteiger partial charge in [0, 0.05) is 25.2 Å². The second-order valence-corrected chi connectivity index (χ2v) is 5.65. The van der Waals surface area contributed by atoms with Crippen LogP contribution in [0.5, 0.6) is 5.75 Å². The van der Waals surface area contributed by atoms with Gasteiger partial charge in [0.05, 0.1) is 6.10 Å². The number of ether oxygens (including phenoxy) is 1. The maximum atomic E-state index is 12.2. The summed E-state index contributed by atoms with van der Waals surface area (Å²) in [5.74, 6) is 0.993. The second kappa shape index (κ2) is 7.84. The zero-order valence-corrected chi connectivity index (χ0v) is 13.0. The van der Waals surface area contributed by atoms with E-state index in [9.17, 15) is 9.90 Å². The normalized spacial score (nSPS) is 21.3. The molecule has 0 spiro atoms. The minimum atomic E-state index is -0.442. The van der Waals surface area contributed by atoms with Crippen LogP contribution < -0.4 is 10.1 Å². The molecule has 1 aromatic carbocycles. The molecule has 5 heteroatoms. The Morgan fingerprint density at radius 3 is 3.05 bits per heavy atom. The molecule has 0 aliphatic carbocycles. The monoisotopic (exact) mass is 304 g/mol. The molecule has 5 nitrogen and oxygen atoms in total. The molecule has 2 N–H and O–H groups in total. The van der Waals surface area contributed by atoms with E-state index in [-0.39, 0.29) is 11.9 Å². The first-order valence-electron chi connectivity index (χ1n) is 7.64. The number of nitrogens with zero attached hydrogens (tertiary/aromatic N) is 1. The standard InChI is InChI=1S/C17H24N2O3/c1-3-10-22-16-7-5-4-6-14(16)11-18-17(21)19-9-8-13(2)15(20)12-19/h3-7,13,15,20H,1,8-12H2,2H3,(H,18,21). The highest BCUT2D eigenvalue weighted by Crippen LogP contribution is 2.19. The molecule has 0 radical (unpaired) electrons.